The molecule has 0 unspecified atom stereocenters. The Labute approximate surface area is 118 Å². The van der Waals surface area contributed by atoms with Crippen LogP contribution >= 0.6 is 15.9 Å². The molecule has 0 aliphatic carbocycles. The molecule has 0 saturated heterocycles. The van der Waals surface area contributed by atoms with Crippen LogP contribution in [0.5, 0.6) is 5.75 Å². The molecule has 0 saturated carbocycles. The van der Waals surface area contributed by atoms with Gasteiger partial charge in [-0.2, -0.15) is 0 Å². The molecule has 100 valence electrons. The maximum absolute atomic E-state index is 11.8. The van der Waals surface area contributed by atoms with E-state index in [0.717, 1.165) is 4.47 Å². The van der Waals surface area contributed by atoms with Crippen molar-refractivity contribution in [3.63, 3.8) is 0 Å². The normalized spacial score (nSPS) is 10.3. The number of hydrogen-bond acceptors (Lipinski definition) is 5. The van der Waals surface area contributed by atoms with Gasteiger partial charge in [-0.25, -0.2) is 9.78 Å². The van der Waals surface area contributed by atoms with Gasteiger partial charge in [0.2, 0.25) is 0 Å². The van der Waals surface area contributed by atoms with Gasteiger partial charge in [0.1, 0.15) is 5.75 Å². The van der Waals surface area contributed by atoms with Crippen LogP contribution in [0, 0.1) is 0 Å². The number of ether oxygens (including phenoxy) is 2. The summed E-state index contributed by atoms with van der Waals surface area (Å²) < 4.78 is 16.4. The first kappa shape index (κ1) is 13.6. The van der Waals surface area contributed by atoms with Crippen molar-refractivity contribution in [2.45, 2.75) is 6.92 Å². The largest absolute Gasteiger partial charge is 0.496 e. The number of nitrogens with zero attached hydrogens (tertiary/aromatic N) is 1. The molecule has 1 aromatic heterocycles. The highest BCUT2D eigenvalue weighted by molar-refractivity contribution is 9.10. The van der Waals surface area contributed by atoms with Gasteiger partial charge in [-0.15, -0.1) is 0 Å². The molecule has 2 aromatic rings. The van der Waals surface area contributed by atoms with E-state index in [1.54, 1.807) is 26.2 Å². The topological polar surface area (TPSA) is 61.6 Å². The zero-order valence-corrected chi connectivity index (χ0v) is 12.1. The quantitative estimate of drug-likeness (QED) is 0.807. The molecule has 0 amide bonds. The van der Waals surface area contributed by atoms with E-state index in [4.69, 9.17) is 13.9 Å². The second kappa shape index (κ2) is 5.88. The molecular formula is C13H12BrNO4. The lowest BCUT2D eigenvalue weighted by molar-refractivity contribution is 0.0520. The summed E-state index contributed by atoms with van der Waals surface area (Å²) in [6.07, 6.45) is 1.21. The number of rotatable bonds is 4. The highest BCUT2D eigenvalue weighted by atomic mass is 79.9. The van der Waals surface area contributed by atoms with Crippen LogP contribution in [0.25, 0.3) is 11.3 Å². The van der Waals surface area contributed by atoms with Crippen molar-refractivity contribution in [1.82, 2.24) is 4.98 Å². The number of benzene rings is 1. The number of halogens is 1. The Bertz CT molecular complexity index is 594. The predicted octanol–water partition coefficient (Wildman–Crippen LogP) is 3.29. The average Bonchev–Trinajstić information content (AvgIpc) is 2.88. The molecule has 0 spiro atoms. The van der Waals surface area contributed by atoms with Gasteiger partial charge >= 0.3 is 5.97 Å². The summed E-state index contributed by atoms with van der Waals surface area (Å²) in [6, 6.07) is 5.40. The number of carbonyl (C=O) groups excluding carboxylic acids is 1. The minimum Gasteiger partial charge on any atom is -0.496 e. The summed E-state index contributed by atoms with van der Waals surface area (Å²) in [5.74, 6) is 0.399. The number of hydrogen-bond donors (Lipinski definition) is 0. The van der Waals surface area contributed by atoms with Crippen LogP contribution in [-0.4, -0.2) is 24.7 Å². The van der Waals surface area contributed by atoms with E-state index in [1.165, 1.54) is 6.39 Å². The lowest BCUT2D eigenvalue weighted by atomic mass is 10.1. The Hall–Kier alpha value is -1.82. The van der Waals surface area contributed by atoms with Crippen molar-refractivity contribution in [3.05, 3.63) is 34.8 Å². The third kappa shape index (κ3) is 2.78. The fourth-order valence-electron chi connectivity index (χ4n) is 1.63. The Kier molecular flexibility index (Phi) is 4.21. The Morgan fingerprint density at radius 1 is 1.47 bits per heavy atom. The minimum atomic E-state index is -0.517. The van der Waals surface area contributed by atoms with Gasteiger partial charge < -0.3 is 13.9 Å². The van der Waals surface area contributed by atoms with Crippen molar-refractivity contribution in [3.8, 4) is 17.1 Å². The van der Waals surface area contributed by atoms with Crippen molar-refractivity contribution in [1.29, 1.82) is 0 Å². The van der Waals surface area contributed by atoms with E-state index in [1.807, 2.05) is 6.07 Å². The van der Waals surface area contributed by atoms with Crippen molar-refractivity contribution >= 4 is 21.9 Å². The first-order chi connectivity index (χ1) is 9.17. The number of oxazole rings is 1. The number of esters is 1. The maximum Gasteiger partial charge on any atom is 0.360 e. The smallest absolute Gasteiger partial charge is 0.360 e. The lowest BCUT2D eigenvalue weighted by Gasteiger charge is -2.07. The summed E-state index contributed by atoms with van der Waals surface area (Å²) in [5.41, 5.74) is 0.786. The molecule has 19 heavy (non-hydrogen) atoms. The molecule has 6 heteroatoms. The second-order valence-electron chi connectivity index (χ2n) is 3.60. The van der Waals surface area contributed by atoms with Crippen molar-refractivity contribution < 1.29 is 18.7 Å². The SMILES string of the molecule is CCOC(=O)c1ncoc1-c1ccc(Br)cc1OC. The van der Waals surface area contributed by atoms with Gasteiger partial charge in [-0.05, 0) is 25.1 Å². The molecule has 1 heterocycles. The molecule has 5 nitrogen and oxygen atoms in total. The van der Waals surface area contributed by atoms with Crippen molar-refractivity contribution in [2.24, 2.45) is 0 Å². The molecule has 0 aliphatic rings. The first-order valence-corrected chi connectivity index (χ1v) is 6.41. The first-order valence-electron chi connectivity index (χ1n) is 5.62. The molecule has 1 aromatic carbocycles. The van der Waals surface area contributed by atoms with Crippen LogP contribution < -0.4 is 4.74 Å². The molecule has 0 N–H and O–H groups in total. The molecule has 2 rings (SSSR count). The van der Waals surface area contributed by atoms with Crippen molar-refractivity contribution in [2.75, 3.05) is 13.7 Å². The number of aromatic nitrogens is 1. The average molecular weight is 326 g/mol. The molecule has 0 aliphatic heterocycles. The van der Waals surface area contributed by atoms with Gasteiger partial charge in [0.05, 0.1) is 19.3 Å². The fourth-order valence-corrected chi connectivity index (χ4v) is 1.97. The van der Waals surface area contributed by atoms with Crippen LogP contribution in [0.2, 0.25) is 0 Å². The Balaban J connectivity index is 2.48. The lowest BCUT2D eigenvalue weighted by Crippen LogP contribution is -2.06. The summed E-state index contributed by atoms with van der Waals surface area (Å²) in [7, 11) is 1.55. The number of methoxy groups -OCH3 is 1. The van der Waals surface area contributed by atoms with E-state index in [0.29, 0.717) is 17.1 Å². The van der Waals surface area contributed by atoms with Crippen LogP contribution in [0.15, 0.2) is 33.5 Å². The zero-order valence-electron chi connectivity index (χ0n) is 10.5. The van der Waals surface area contributed by atoms with Gasteiger partial charge in [-0.1, -0.05) is 15.9 Å². The van der Waals surface area contributed by atoms with E-state index in [2.05, 4.69) is 20.9 Å². The van der Waals surface area contributed by atoms with E-state index < -0.39 is 5.97 Å². The highest BCUT2D eigenvalue weighted by Gasteiger charge is 2.22. The summed E-state index contributed by atoms with van der Waals surface area (Å²) in [6.45, 7) is 2.01. The molecule has 0 radical (unpaired) electrons. The molecule has 0 atom stereocenters. The van der Waals surface area contributed by atoms with Crippen LogP contribution in [0.3, 0.4) is 0 Å². The van der Waals surface area contributed by atoms with E-state index in [9.17, 15) is 4.79 Å². The Morgan fingerprint density at radius 2 is 2.26 bits per heavy atom. The van der Waals surface area contributed by atoms with Crippen LogP contribution in [0.1, 0.15) is 17.4 Å². The van der Waals surface area contributed by atoms with Gasteiger partial charge in [-0.3, -0.25) is 0 Å². The maximum atomic E-state index is 11.8. The standard InChI is InChI=1S/C13H12BrNO4/c1-3-18-13(16)11-12(19-7-15-11)9-5-4-8(14)6-10(9)17-2/h4-7H,3H2,1-2H3. The van der Waals surface area contributed by atoms with Crippen LogP contribution in [-0.2, 0) is 4.74 Å². The highest BCUT2D eigenvalue weighted by Crippen LogP contribution is 2.34. The van der Waals surface area contributed by atoms with Crippen LogP contribution in [0.4, 0.5) is 0 Å². The second-order valence-corrected chi connectivity index (χ2v) is 4.51. The fraction of sp³-hybridized carbons (Fsp3) is 0.231. The Morgan fingerprint density at radius 3 is 2.95 bits per heavy atom. The summed E-state index contributed by atoms with van der Waals surface area (Å²) >= 11 is 3.35. The van der Waals surface area contributed by atoms with Gasteiger partial charge in [0.25, 0.3) is 0 Å². The monoisotopic (exact) mass is 325 g/mol. The third-order valence-electron chi connectivity index (χ3n) is 2.44. The van der Waals surface area contributed by atoms with E-state index in [-0.39, 0.29) is 12.3 Å². The number of carbonyl (C=O) groups is 1. The summed E-state index contributed by atoms with van der Waals surface area (Å²) in [5, 5.41) is 0. The molecule has 0 fully saturated rings. The summed E-state index contributed by atoms with van der Waals surface area (Å²) in [4.78, 5) is 15.7. The van der Waals surface area contributed by atoms with Gasteiger partial charge in [0, 0.05) is 4.47 Å². The minimum absolute atomic E-state index is 0.141. The van der Waals surface area contributed by atoms with E-state index >= 15 is 0 Å². The molecule has 0 bridgehead atoms. The third-order valence-corrected chi connectivity index (χ3v) is 2.94. The predicted molar refractivity (Wildman–Crippen MR) is 72.1 cm³/mol. The zero-order chi connectivity index (χ0) is 13.8. The molecular weight excluding hydrogens is 314 g/mol. The van der Waals surface area contributed by atoms with Gasteiger partial charge in [0.15, 0.2) is 17.8 Å².